The second-order valence-electron chi connectivity index (χ2n) is 5.89. The zero-order valence-electron chi connectivity index (χ0n) is 10.9. The fourth-order valence-electron chi connectivity index (χ4n) is 2.55. The maximum Gasteiger partial charge on any atom is 0.237 e. The molecule has 3 nitrogen and oxygen atoms in total. The first-order valence-electron chi connectivity index (χ1n) is 6.47. The minimum Gasteiger partial charge on any atom is -0.368 e. The van der Waals surface area contributed by atoms with E-state index in [4.69, 9.17) is 5.73 Å². The summed E-state index contributed by atoms with van der Waals surface area (Å²) in [6, 6.07) is 0. The summed E-state index contributed by atoms with van der Waals surface area (Å²) in [6.45, 7) is 7.56. The van der Waals surface area contributed by atoms with Crippen molar-refractivity contribution in [3.8, 4) is 0 Å². The lowest BCUT2D eigenvalue weighted by atomic mass is 9.83. The number of primary amides is 1. The lowest BCUT2D eigenvalue weighted by Gasteiger charge is -2.31. The number of hydrogen-bond donors (Lipinski definition) is 2. The van der Waals surface area contributed by atoms with E-state index in [0.717, 1.165) is 38.6 Å². The van der Waals surface area contributed by atoms with E-state index < -0.39 is 5.54 Å². The lowest BCUT2D eigenvalue weighted by molar-refractivity contribution is -0.125. The Morgan fingerprint density at radius 3 is 2.50 bits per heavy atom. The molecule has 0 aromatic heterocycles. The van der Waals surface area contributed by atoms with E-state index in [9.17, 15) is 4.79 Å². The Balaban J connectivity index is 2.74. The Morgan fingerprint density at radius 1 is 1.25 bits per heavy atom. The number of amides is 1. The Labute approximate surface area is 99.2 Å². The van der Waals surface area contributed by atoms with Crippen molar-refractivity contribution in [2.75, 3.05) is 6.54 Å². The van der Waals surface area contributed by atoms with E-state index in [1.54, 1.807) is 0 Å². The number of carbonyl (C=O) groups excluding carboxylic acids is 1. The Hall–Kier alpha value is -0.570. The minimum atomic E-state index is -0.441. The standard InChI is InChI=1S/C13H26N2O/c1-4-10-15-13(11(14)16)7-5-6-12(2,3)8-9-13/h15H,4-10H2,1-3H3,(H2,14,16). The molecule has 1 atom stereocenters. The third-order valence-electron chi connectivity index (χ3n) is 3.87. The summed E-state index contributed by atoms with van der Waals surface area (Å²) in [7, 11) is 0. The van der Waals surface area contributed by atoms with Crippen LogP contribution in [0, 0.1) is 5.41 Å². The molecule has 0 bridgehead atoms. The highest BCUT2D eigenvalue weighted by molar-refractivity contribution is 5.84. The van der Waals surface area contributed by atoms with E-state index >= 15 is 0 Å². The molecule has 3 N–H and O–H groups in total. The van der Waals surface area contributed by atoms with Crippen LogP contribution in [0.4, 0.5) is 0 Å². The number of rotatable bonds is 4. The second kappa shape index (κ2) is 5.17. The van der Waals surface area contributed by atoms with Crippen molar-refractivity contribution >= 4 is 5.91 Å². The summed E-state index contributed by atoms with van der Waals surface area (Å²) in [5, 5.41) is 3.39. The summed E-state index contributed by atoms with van der Waals surface area (Å²) in [4.78, 5) is 11.7. The van der Waals surface area contributed by atoms with Gasteiger partial charge in [-0.3, -0.25) is 4.79 Å². The van der Waals surface area contributed by atoms with Crippen LogP contribution in [0.5, 0.6) is 0 Å². The third-order valence-corrected chi connectivity index (χ3v) is 3.87. The van der Waals surface area contributed by atoms with Crippen LogP contribution in [-0.2, 0) is 4.79 Å². The molecule has 1 saturated carbocycles. The van der Waals surface area contributed by atoms with E-state index in [0.29, 0.717) is 5.41 Å². The van der Waals surface area contributed by atoms with Gasteiger partial charge >= 0.3 is 0 Å². The van der Waals surface area contributed by atoms with Crippen molar-refractivity contribution in [1.82, 2.24) is 5.32 Å². The third kappa shape index (κ3) is 3.21. The lowest BCUT2D eigenvalue weighted by Crippen LogP contribution is -2.55. The van der Waals surface area contributed by atoms with Crippen molar-refractivity contribution in [2.24, 2.45) is 11.1 Å². The number of nitrogens with two attached hydrogens (primary N) is 1. The first-order valence-corrected chi connectivity index (χ1v) is 6.47. The van der Waals surface area contributed by atoms with Gasteiger partial charge in [-0.15, -0.1) is 0 Å². The topological polar surface area (TPSA) is 55.1 Å². The first kappa shape index (κ1) is 13.5. The maximum atomic E-state index is 11.7. The monoisotopic (exact) mass is 226 g/mol. The predicted octanol–water partition coefficient (Wildman–Crippen LogP) is 2.20. The number of nitrogens with one attached hydrogen (secondary N) is 1. The average molecular weight is 226 g/mol. The van der Waals surface area contributed by atoms with Crippen molar-refractivity contribution in [1.29, 1.82) is 0 Å². The van der Waals surface area contributed by atoms with Crippen LogP contribution < -0.4 is 11.1 Å². The number of carbonyl (C=O) groups is 1. The quantitative estimate of drug-likeness (QED) is 0.722. The fraction of sp³-hybridized carbons (Fsp3) is 0.923. The molecule has 0 radical (unpaired) electrons. The van der Waals surface area contributed by atoms with Gasteiger partial charge in [-0.25, -0.2) is 0 Å². The summed E-state index contributed by atoms with van der Waals surface area (Å²) in [5.74, 6) is -0.168. The van der Waals surface area contributed by atoms with Crippen molar-refractivity contribution < 1.29 is 4.79 Å². The molecule has 1 aliphatic carbocycles. The maximum absolute atomic E-state index is 11.7. The van der Waals surface area contributed by atoms with Gasteiger partial charge in [-0.2, -0.15) is 0 Å². The fourth-order valence-corrected chi connectivity index (χ4v) is 2.55. The minimum absolute atomic E-state index is 0.168. The highest BCUT2D eigenvalue weighted by atomic mass is 16.1. The smallest absolute Gasteiger partial charge is 0.237 e. The zero-order chi connectivity index (χ0) is 12.2. The molecule has 1 fully saturated rings. The largest absolute Gasteiger partial charge is 0.368 e. The highest BCUT2D eigenvalue weighted by Crippen LogP contribution is 2.37. The molecule has 0 aromatic rings. The summed E-state index contributed by atoms with van der Waals surface area (Å²) in [5.41, 5.74) is 5.51. The van der Waals surface area contributed by atoms with Gasteiger partial charge in [0.2, 0.25) is 5.91 Å². The molecule has 0 heterocycles. The van der Waals surface area contributed by atoms with E-state index in [2.05, 4.69) is 26.1 Å². The first-order chi connectivity index (χ1) is 7.42. The molecule has 0 aliphatic heterocycles. The highest BCUT2D eigenvalue weighted by Gasteiger charge is 2.39. The van der Waals surface area contributed by atoms with Gasteiger partial charge in [0.1, 0.15) is 0 Å². The van der Waals surface area contributed by atoms with Gasteiger partial charge in [-0.05, 0) is 44.1 Å². The van der Waals surface area contributed by atoms with Gasteiger partial charge in [-0.1, -0.05) is 27.2 Å². The van der Waals surface area contributed by atoms with Crippen LogP contribution in [0.2, 0.25) is 0 Å². The van der Waals surface area contributed by atoms with Gasteiger partial charge in [0.05, 0.1) is 5.54 Å². The Kier molecular flexibility index (Phi) is 4.36. The van der Waals surface area contributed by atoms with Crippen LogP contribution in [0.25, 0.3) is 0 Å². The van der Waals surface area contributed by atoms with Crippen LogP contribution >= 0.6 is 0 Å². The normalized spacial score (nSPS) is 29.7. The molecule has 1 amide bonds. The summed E-state index contributed by atoms with van der Waals surface area (Å²) < 4.78 is 0. The van der Waals surface area contributed by atoms with E-state index in [-0.39, 0.29) is 5.91 Å². The SMILES string of the molecule is CCCNC1(C(N)=O)CCCC(C)(C)CC1. The summed E-state index contributed by atoms with van der Waals surface area (Å²) >= 11 is 0. The molecule has 3 heteroatoms. The molecular weight excluding hydrogens is 200 g/mol. The molecule has 1 unspecified atom stereocenters. The molecule has 1 aliphatic rings. The zero-order valence-corrected chi connectivity index (χ0v) is 10.9. The molecule has 0 saturated heterocycles. The average Bonchev–Trinajstić information content (AvgIpc) is 2.35. The Morgan fingerprint density at radius 2 is 1.94 bits per heavy atom. The number of hydrogen-bond acceptors (Lipinski definition) is 2. The van der Waals surface area contributed by atoms with Gasteiger partial charge in [0.25, 0.3) is 0 Å². The predicted molar refractivity (Wildman–Crippen MR) is 67.1 cm³/mol. The second-order valence-corrected chi connectivity index (χ2v) is 5.89. The van der Waals surface area contributed by atoms with Crippen molar-refractivity contribution in [3.05, 3.63) is 0 Å². The molecule has 0 aromatic carbocycles. The molecule has 1 rings (SSSR count). The van der Waals surface area contributed by atoms with E-state index in [1.807, 2.05) is 0 Å². The van der Waals surface area contributed by atoms with Gasteiger partial charge in [0, 0.05) is 0 Å². The molecule has 0 spiro atoms. The Bertz CT molecular complexity index is 250. The molecule has 94 valence electrons. The molecular formula is C13H26N2O. The van der Waals surface area contributed by atoms with Gasteiger partial charge < -0.3 is 11.1 Å². The van der Waals surface area contributed by atoms with Crippen molar-refractivity contribution in [3.63, 3.8) is 0 Å². The summed E-state index contributed by atoms with van der Waals surface area (Å²) in [6.07, 6.45) is 6.18. The van der Waals surface area contributed by atoms with Crippen LogP contribution in [0.15, 0.2) is 0 Å². The van der Waals surface area contributed by atoms with Crippen LogP contribution in [-0.4, -0.2) is 18.0 Å². The van der Waals surface area contributed by atoms with Gasteiger partial charge in [0.15, 0.2) is 0 Å². The van der Waals surface area contributed by atoms with Crippen molar-refractivity contribution in [2.45, 2.75) is 64.8 Å². The molecule has 16 heavy (non-hydrogen) atoms. The van der Waals surface area contributed by atoms with Crippen LogP contribution in [0.3, 0.4) is 0 Å². The van der Waals surface area contributed by atoms with E-state index in [1.165, 1.54) is 6.42 Å². The van der Waals surface area contributed by atoms with Crippen LogP contribution in [0.1, 0.15) is 59.3 Å².